The van der Waals surface area contributed by atoms with Crippen LogP contribution < -0.4 is 10.6 Å². The molecule has 0 spiro atoms. The van der Waals surface area contributed by atoms with Crippen LogP contribution in [0.1, 0.15) is 30.8 Å². The second-order valence-electron chi connectivity index (χ2n) is 4.02. The first-order valence-corrected chi connectivity index (χ1v) is 6.32. The number of furan rings is 1. The van der Waals surface area contributed by atoms with Crippen molar-refractivity contribution >= 4 is 17.8 Å². The minimum absolute atomic E-state index is 0.0957. The lowest BCUT2D eigenvalue weighted by Crippen LogP contribution is -2.45. The van der Waals surface area contributed by atoms with Gasteiger partial charge in [0.2, 0.25) is 5.91 Å². The Balaban J connectivity index is 2.29. The summed E-state index contributed by atoms with van der Waals surface area (Å²) in [6.07, 6.45) is 1.47. The van der Waals surface area contributed by atoms with Crippen molar-refractivity contribution in [1.29, 1.82) is 0 Å². The lowest BCUT2D eigenvalue weighted by atomic mass is 10.3. The predicted octanol–water partition coefficient (Wildman–Crippen LogP) is 0.467. The zero-order chi connectivity index (χ0) is 15.0. The second kappa shape index (κ2) is 7.98. The zero-order valence-corrected chi connectivity index (χ0v) is 11.5. The number of ether oxygens (including phenoxy) is 1. The molecule has 0 saturated carbocycles. The smallest absolute Gasteiger partial charge is 0.307 e. The van der Waals surface area contributed by atoms with E-state index in [-0.39, 0.29) is 30.6 Å². The Morgan fingerprint density at radius 1 is 1.40 bits per heavy atom. The molecular formula is C13H18N2O5. The van der Waals surface area contributed by atoms with E-state index in [1.807, 2.05) is 0 Å². The van der Waals surface area contributed by atoms with Gasteiger partial charge in [-0.25, -0.2) is 0 Å². The van der Waals surface area contributed by atoms with Gasteiger partial charge in [0.05, 0.1) is 19.3 Å². The molecule has 0 radical (unpaired) electrons. The molecule has 0 saturated heterocycles. The number of amides is 2. The highest BCUT2D eigenvalue weighted by molar-refractivity contribution is 5.95. The Morgan fingerprint density at radius 3 is 2.75 bits per heavy atom. The Hall–Kier alpha value is -2.31. The third kappa shape index (κ3) is 5.13. The molecule has 7 heteroatoms. The van der Waals surface area contributed by atoms with Gasteiger partial charge in [-0.05, 0) is 26.0 Å². The number of rotatable bonds is 7. The molecule has 0 aliphatic heterocycles. The van der Waals surface area contributed by atoms with Gasteiger partial charge in [0.1, 0.15) is 6.04 Å². The summed E-state index contributed by atoms with van der Waals surface area (Å²) < 4.78 is 9.64. The van der Waals surface area contributed by atoms with Crippen LogP contribution in [-0.4, -0.2) is 37.0 Å². The van der Waals surface area contributed by atoms with Gasteiger partial charge in [0.15, 0.2) is 5.76 Å². The van der Waals surface area contributed by atoms with Crippen molar-refractivity contribution in [3.8, 4) is 0 Å². The Bertz CT molecular complexity index is 455. The molecule has 1 aromatic heterocycles. The van der Waals surface area contributed by atoms with E-state index in [1.54, 1.807) is 19.9 Å². The first-order valence-electron chi connectivity index (χ1n) is 6.32. The number of carbonyl (C=O) groups is 3. The quantitative estimate of drug-likeness (QED) is 0.708. The normalized spacial score (nSPS) is 11.5. The summed E-state index contributed by atoms with van der Waals surface area (Å²) in [5.41, 5.74) is 0. The summed E-state index contributed by atoms with van der Waals surface area (Å²) in [5, 5.41) is 5.02. The zero-order valence-electron chi connectivity index (χ0n) is 11.5. The van der Waals surface area contributed by atoms with Crippen LogP contribution in [0.15, 0.2) is 22.8 Å². The minimum atomic E-state index is -0.727. The summed E-state index contributed by atoms with van der Waals surface area (Å²) in [6.45, 7) is 3.73. The summed E-state index contributed by atoms with van der Waals surface area (Å²) in [7, 11) is 0. The molecule has 0 bridgehead atoms. The number of hydrogen-bond donors (Lipinski definition) is 2. The van der Waals surface area contributed by atoms with Crippen LogP contribution in [0, 0.1) is 0 Å². The molecule has 1 atom stereocenters. The highest BCUT2D eigenvalue weighted by atomic mass is 16.5. The molecule has 1 aromatic rings. The van der Waals surface area contributed by atoms with Gasteiger partial charge < -0.3 is 19.8 Å². The fourth-order valence-electron chi connectivity index (χ4n) is 1.42. The molecule has 2 amide bonds. The van der Waals surface area contributed by atoms with Crippen molar-refractivity contribution in [3.63, 3.8) is 0 Å². The number of hydrogen-bond acceptors (Lipinski definition) is 5. The molecule has 1 heterocycles. The third-order valence-corrected chi connectivity index (χ3v) is 2.42. The van der Waals surface area contributed by atoms with Gasteiger partial charge in [0, 0.05) is 6.54 Å². The Morgan fingerprint density at radius 2 is 2.15 bits per heavy atom. The summed E-state index contributed by atoms with van der Waals surface area (Å²) in [4.78, 5) is 34.4. The summed E-state index contributed by atoms with van der Waals surface area (Å²) >= 11 is 0. The largest absolute Gasteiger partial charge is 0.466 e. The highest BCUT2D eigenvalue weighted by Crippen LogP contribution is 2.00. The second-order valence-corrected chi connectivity index (χ2v) is 4.02. The standard InChI is InChI=1S/C13H18N2O5/c1-3-19-11(16)6-7-14-12(17)9(2)15-13(18)10-5-4-8-20-10/h4-5,8-9H,3,6-7H2,1-2H3,(H,14,17)(H,15,18). The van der Waals surface area contributed by atoms with Gasteiger partial charge in [-0.1, -0.05) is 0 Å². The summed E-state index contributed by atoms with van der Waals surface area (Å²) in [6, 6.07) is 2.36. The van der Waals surface area contributed by atoms with Gasteiger partial charge in [0.25, 0.3) is 5.91 Å². The molecule has 0 aliphatic carbocycles. The molecular weight excluding hydrogens is 264 g/mol. The van der Waals surface area contributed by atoms with E-state index in [0.717, 1.165) is 0 Å². The van der Waals surface area contributed by atoms with Crippen LogP contribution in [-0.2, 0) is 14.3 Å². The lowest BCUT2D eigenvalue weighted by Gasteiger charge is -2.13. The predicted molar refractivity (Wildman–Crippen MR) is 69.9 cm³/mol. The number of nitrogens with one attached hydrogen (secondary N) is 2. The van der Waals surface area contributed by atoms with Gasteiger partial charge in [-0.2, -0.15) is 0 Å². The molecule has 0 fully saturated rings. The van der Waals surface area contributed by atoms with E-state index in [0.29, 0.717) is 6.61 Å². The summed E-state index contributed by atoms with van der Waals surface area (Å²) in [5.74, 6) is -1.09. The van der Waals surface area contributed by atoms with Crippen LogP contribution in [0.25, 0.3) is 0 Å². The van der Waals surface area contributed by atoms with Crippen molar-refractivity contribution in [2.75, 3.05) is 13.2 Å². The first-order chi connectivity index (χ1) is 9.54. The maximum absolute atomic E-state index is 11.7. The van der Waals surface area contributed by atoms with E-state index in [4.69, 9.17) is 9.15 Å². The minimum Gasteiger partial charge on any atom is -0.466 e. The topological polar surface area (TPSA) is 97.6 Å². The van der Waals surface area contributed by atoms with Crippen molar-refractivity contribution in [3.05, 3.63) is 24.2 Å². The van der Waals surface area contributed by atoms with E-state index < -0.39 is 11.9 Å². The maximum atomic E-state index is 11.7. The van der Waals surface area contributed by atoms with Gasteiger partial charge >= 0.3 is 5.97 Å². The van der Waals surface area contributed by atoms with Crippen LogP contribution >= 0.6 is 0 Å². The number of carbonyl (C=O) groups excluding carboxylic acids is 3. The van der Waals surface area contributed by atoms with Crippen molar-refractivity contribution in [2.45, 2.75) is 26.3 Å². The van der Waals surface area contributed by atoms with Crippen LogP contribution in [0.3, 0.4) is 0 Å². The molecule has 20 heavy (non-hydrogen) atoms. The van der Waals surface area contributed by atoms with Gasteiger partial charge in [-0.3, -0.25) is 14.4 Å². The SMILES string of the molecule is CCOC(=O)CCNC(=O)C(C)NC(=O)c1ccco1. The maximum Gasteiger partial charge on any atom is 0.307 e. The van der Waals surface area contributed by atoms with Crippen LogP contribution in [0.4, 0.5) is 0 Å². The third-order valence-electron chi connectivity index (χ3n) is 2.42. The van der Waals surface area contributed by atoms with E-state index in [2.05, 4.69) is 10.6 Å². The Labute approximate surface area is 116 Å². The number of esters is 1. The van der Waals surface area contributed by atoms with Gasteiger partial charge in [-0.15, -0.1) is 0 Å². The average Bonchev–Trinajstić information content (AvgIpc) is 2.92. The molecule has 1 rings (SSSR count). The fraction of sp³-hybridized carbons (Fsp3) is 0.462. The fourth-order valence-corrected chi connectivity index (χ4v) is 1.42. The highest BCUT2D eigenvalue weighted by Gasteiger charge is 2.17. The molecule has 110 valence electrons. The Kier molecular flexibility index (Phi) is 6.28. The van der Waals surface area contributed by atoms with Crippen molar-refractivity contribution in [1.82, 2.24) is 10.6 Å². The van der Waals surface area contributed by atoms with Crippen LogP contribution in [0.5, 0.6) is 0 Å². The monoisotopic (exact) mass is 282 g/mol. The first kappa shape index (κ1) is 15.7. The average molecular weight is 282 g/mol. The van der Waals surface area contributed by atoms with E-state index >= 15 is 0 Å². The van der Waals surface area contributed by atoms with Crippen LogP contribution in [0.2, 0.25) is 0 Å². The molecule has 7 nitrogen and oxygen atoms in total. The molecule has 0 aromatic carbocycles. The molecule has 0 aliphatic rings. The lowest BCUT2D eigenvalue weighted by molar-refractivity contribution is -0.143. The molecule has 1 unspecified atom stereocenters. The van der Waals surface area contributed by atoms with Crippen molar-refractivity contribution in [2.24, 2.45) is 0 Å². The van der Waals surface area contributed by atoms with Crippen molar-refractivity contribution < 1.29 is 23.5 Å². The van der Waals surface area contributed by atoms with E-state index in [1.165, 1.54) is 12.3 Å². The molecule has 2 N–H and O–H groups in total. The van der Waals surface area contributed by atoms with E-state index in [9.17, 15) is 14.4 Å².